The van der Waals surface area contributed by atoms with E-state index < -0.39 is 5.43 Å². The summed E-state index contributed by atoms with van der Waals surface area (Å²) in [6.07, 6.45) is 3.11. The van der Waals surface area contributed by atoms with Gasteiger partial charge in [0.1, 0.15) is 0 Å². The molecule has 0 aliphatic carbocycles. The van der Waals surface area contributed by atoms with E-state index in [4.69, 9.17) is 0 Å². The molecule has 1 N–H and O–H groups in total. The number of hydrogen-bond acceptors (Lipinski definition) is 4. The minimum Gasteiger partial charge on any atom is -0.504 e. The first-order valence-corrected chi connectivity index (χ1v) is 4.39. The second-order valence-electron chi connectivity index (χ2n) is 2.92. The molecule has 1 aromatic heterocycles. The molecule has 1 heterocycles. The highest BCUT2D eigenvalue weighted by molar-refractivity contribution is 5.62. The monoisotopic (exact) mass is 200 g/mol. The van der Waals surface area contributed by atoms with Crippen molar-refractivity contribution in [1.82, 2.24) is 9.97 Å². The molecule has 0 amide bonds. The quantitative estimate of drug-likeness (QED) is 0.751. The van der Waals surface area contributed by atoms with Crippen LogP contribution >= 0.6 is 0 Å². The molecule has 0 aliphatic heterocycles. The molecule has 0 atom stereocenters. The van der Waals surface area contributed by atoms with Gasteiger partial charge in [-0.25, -0.2) is 9.97 Å². The van der Waals surface area contributed by atoms with Crippen molar-refractivity contribution in [2.24, 2.45) is 0 Å². The maximum atomic E-state index is 11.3. The summed E-state index contributed by atoms with van der Waals surface area (Å²) >= 11 is 0. The van der Waals surface area contributed by atoms with E-state index in [1.54, 1.807) is 36.7 Å². The average molecular weight is 200 g/mol. The molecule has 1 aromatic carbocycles. The minimum absolute atomic E-state index is 0.328. The summed E-state index contributed by atoms with van der Waals surface area (Å²) in [6.45, 7) is 0. The maximum absolute atomic E-state index is 11.3. The molecule has 2 rings (SSSR count). The Morgan fingerprint density at radius 3 is 2.40 bits per heavy atom. The lowest BCUT2D eigenvalue weighted by molar-refractivity contribution is 0.472. The van der Waals surface area contributed by atoms with Crippen LogP contribution in [0.15, 0.2) is 47.5 Å². The third-order valence-electron chi connectivity index (χ3n) is 1.92. The summed E-state index contributed by atoms with van der Waals surface area (Å²) in [5.74, 6) is 0.00880. The van der Waals surface area contributed by atoms with Gasteiger partial charge in [0.05, 0.1) is 5.56 Å². The van der Waals surface area contributed by atoms with Gasteiger partial charge >= 0.3 is 0 Å². The molecule has 0 bridgehead atoms. The molecule has 74 valence electrons. The highest BCUT2D eigenvalue weighted by Gasteiger charge is 2.06. The topological polar surface area (TPSA) is 63.1 Å². The van der Waals surface area contributed by atoms with Crippen molar-refractivity contribution >= 4 is 0 Å². The Morgan fingerprint density at radius 2 is 1.67 bits per heavy atom. The van der Waals surface area contributed by atoms with Crippen LogP contribution in [0.1, 0.15) is 0 Å². The van der Waals surface area contributed by atoms with Crippen LogP contribution in [0.3, 0.4) is 0 Å². The van der Waals surface area contributed by atoms with Crippen LogP contribution in [-0.2, 0) is 0 Å². The van der Waals surface area contributed by atoms with Gasteiger partial charge < -0.3 is 5.11 Å². The maximum Gasteiger partial charge on any atom is 0.220 e. The zero-order valence-electron chi connectivity index (χ0n) is 7.79. The Morgan fingerprint density at radius 1 is 1.00 bits per heavy atom. The Balaban J connectivity index is 2.71. The molecule has 0 aliphatic rings. The van der Waals surface area contributed by atoms with Crippen molar-refractivity contribution in [2.45, 2.75) is 0 Å². The van der Waals surface area contributed by atoms with Crippen LogP contribution in [0, 0.1) is 0 Å². The van der Waals surface area contributed by atoms with Gasteiger partial charge in [-0.15, -0.1) is 0 Å². The van der Waals surface area contributed by atoms with E-state index in [-0.39, 0.29) is 5.75 Å². The zero-order chi connectivity index (χ0) is 10.7. The van der Waals surface area contributed by atoms with E-state index in [1.165, 1.54) is 6.07 Å². The lowest BCUT2D eigenvalue weighted by Crippen LogP contribution is -1.96. The molecule has 0 fully saturated rings. The summed E-state index contributed by atoms with van der Waals surface area (Å²) in [4.78, 5) is 19.2. The van der Waals surface area contributed by atoms with Crippen LogP contribution in [0.4, 0.5) is 0 Å². The third-order valence-corrected chi connectivity index (χ3v) is 1.92. The number of hydrogen-bond donors (Lipinski definition) is 1. The minimum atomic E-state index is -0.442. The fourth-order valence-electron chi connectivity index (χ4n) is 1.20. The van der Waals surface area contributed by atoms with E-state index in [0.717, 1.165) is 0 Å². The molecule has 0 radical (unpaired) electrons. The third kappa shape index (κ3) is 1.83. The molecule has 4 heteroatoms. The number of rotatable bonds is 1. The standard InChI is InChI=1S/C11H8N2O2/c14-9-5-2-1-4-8(10(9)15)11-12-6-3-7-13-11/h1-7H,(H,14,15). The molecule has 15 heavy (non-hydrogen) atoms. The van der Waals surface area contributed by atoms with E-state index in [2.05, 4.69) is 9.97 Å². The SMILES string of the molecule is O=c1ccccc(-c2ncccn2)c1O. The van der Waals surface area contributed by atoms with Crippen molar-refractivity contribution in [3.8, 4) is 17.1 Å². The van der Waals surface area contributed by atoms with E-state index in [9.17, 15) is 9.90 Å². The second kappa shape index (κ2) is 3.88. The van der Waals surface area contributed by atoms with E-state index in [1.807, 2.05) is 0 Å². The van der Waals surface area contributed by atoms with E-state index in [0.29, 0.717) is 11.4 Å². The summed E-state index contributed by atoms with van der Waals surface area (Å²) < 4.78 is 0. The van der Waals surface area contributed by atoms with Gasteiger partial charge in [0, 0.05) is 12.4 Å². The van der Waals surface area contributed by atoms with Crippen LogP contribution in [0.25, 0.3) is 11.4 Å². The number of aromatic nitrogens is 2. The van der Waals surface area contributed by atoms with Gasteiger partial charge in [-0.2, -0.15) is 0 Å². The Kier molecular flexibility index (Phi) is 2.41. The first-order chi connectivity index (χ1) is 7.29. The zero-order valence-corrected chi connectivity index (χ0v) is 7.79. The summed E-state index contributed by atoms with van der Waals surface area (Å²) in [5.41, 5.74) is -0.104. The predicted molar refractivity (Wildman–Crippen MR) is 55.4 cm³/mol. The Bertz CT molecular complexity index is 526. The van der Waals surface area contributed by atoms with Gasteiger partial charge in [-0.05, 0) is 18.2 Å². The number of nitrogens with zero attached hydrogens (tertiary/aromatic N) is 2. The van der Waals surface area contributed by atoms with Crippen molar-refractivity contribution in [3.05, 3.63) is 52.9 Å². The van der Waals surface area contributed by atoms with Crippen LogP contribution < -0.4 is 5.43 Å². The van der Waals surface area contributed by atoms with Gasteiger partial charge in [0.25, 0.3) is 0 Å². The highest BCUT2D eigenvalue weighted by atomic mass is 16.3. The summed E-state index contributed by atoms with van der Waals surface area (Å²) in [7, 11) is 0. The lowest BCUT2D eigenvalue weighted by Gasteiger charge is -1.97. The van der Waals surface area contributed by atoms with Crippen molar-refractivity contribution < 1.29 is 5.11 Å². The van der Waals surface area contributed by atoms with Crippen molar-refractivity contribution in [1.29, 1.82) is 0 Å². The first kappa shape index (κ1) is 9.33. The van der Waals surface area contributed by atoms with Crippen LogP contribution in [0.2, 0.25) is 0 Å². The van der Waals surface area contributed by atoms with Gasteiger partial charge in [-0.1, -0.05) is 12.1 Å². The molecule has 4 nitrogen and oxygen atoms in total. The molecular formula is C11H8N2O2. The highest BCUT2D eigenvalue weighted by Crippen LogP contribution is 2.20. The first-order valence-electron chi connectivity index (χ1n) is 4.39. The smallest absolute Gasteiger partial charge is 0.220 e. The fraction of sp³-hybridized carbons (Fsp3) is 0. The number of aromatic hydroxyl groups is 1. The van der Waals surface area contributed by atoms with Crippen molar-refractivity contribution in [3.63, 3.8) is 0 Å². The molecule has 2 aromatic rings. The van der Waals surface area contributed by atoms with E-state index >= 15 is 0 Å². The largest absolute Gasteiger partial charge is 0.504 e. The van der Waals surface area contributed by atoms with Crippen LogP contribution in [-0.4, -0.2) is 15.1 Å². The molecular weight excluding hydrogens is 192 g/mol. The van der Waals surface area contributed by atoms with Gasteiger partial charge in [0.15, 0.2) is 11.6 Å². The molecule has 0 spiro atoms. The van der Waals surface area contributed by atoms with Gasteiger partial charge in [0.2, 0.25) is 5.43 Å². The summed E-state index contributed by atoms with van der Waals surface area (Å²) in [6, 6.07) is 7.79. The van der Waals surface area contributed by atoms with Crippen molar-refractivity contribution in [2.75, 3.05) is 0 Å². The Labute approximate surface area is 85.9 Å². The molecule has 0 saturated carbocycles. The lowest BCUT2D eigenvalue weighted by atomic mass is 10.2. The molecule has 0 unspecified atom stereocenters. The predicted octanol–water partition coefficient (Wildman–Crippen LogP) is 1.21. The molecule has 0 saturated heterocycles. The fourth-order valence-corrected chi connectivity index (χ4v) is 1.20. The second-order valence-corrected chi connectivity index (χ2v) is 2.92. The Hall–Kier alpha value is -2.23. The van der Waals surface area contributed by atoms with Gasteiger partial charge in [-0.3, -0.25) is 4.79 Å². The summed E-state index contributed by atoms with van der Waals surface area (Å²) in [5, 5.41) is 9.62. The normalized spacial score (nSPS) is 9.87. The average Bonchev–Trinajstić information content (AvgIpc) is 2.44. The van der Waals surface area contributed by atoms with Crippen LogP contribution in [0.5, 0.6) is 5.75 Å².